The second kappa shape index (κ2) is 4.36. The van der Waals surface area contributed by atoms with Crippen LogP contribution in [0.1, 0.15) is 6.92 Å². The maximum atomic E-state index is 10.6. The van der Waals surface area contributed by atoms with Gasteiger partial charge in [0.15, 0.2) is 0 Å². The first kappa shape index (κ1) is 10.9. The first-order valence-electron chi connectivity index (χ1n) is 4.05. The van der Waals surface area contributed by atoms with Crippen molar-refractivity contribution in [3.05, 3.63) is 0 Å². The molecule has 0 radical (unpaired) electrons. The van der Waals surface area contributed by atoms with Crippen LogP contribution in [0.15, 0.2) is 0 Å². The molecule has 0 bridgehead atoms. The lowest BCUT2D eigenvalue weighted by Gasteiger charge is -2.26. The summed E-state index contributed by atoms with van der Waals surface area (Å²) in [5.41, 5.74) is 0. The van der Waals surface area contributed by atoms with Gasteiger partial charge in [-0.2, -0.15) is 8.42 Å². The highest BCUT2D eigenvalue weighted by Gasteiger charge is 2.20. The van der Waals surface area contributed by atoms with Crippen LogP contribution in [0.3, 0.4) is 0 Å². The minimum atomic E-state index is -3.37. The van der Waals surface area contributed by atoms with E-state index >= 15 is 0 Å². The molecule has 1 aliphatic rings. The van der Waals surface area contributed by atoms with E-state index in [-0.39, 0.29) is 18.8 Å². The van der Waals surface area contributed by atoms with Gasteiger partial charge in [-0.15, -0.1) is 0 Å². The van der Waals surface area contributed by atoms with Gasteiger partial charge in [0.05, 0.1) is 32.2 Å². The topological polar surface area (TPSA) is 61.8 Å². The van der Waals surface area contributed by atoms with E-state index < -0.39 is 10.1 Å². The average Bonchev–Trinajstić information content (AvgIpc) is 2.02. The van der Waals surface area contributed by atoms with E-state index in [0.717, 1.165) is 6.26 Å². The molecule has 5 nitrogen and oxygen atoms in total. The van der Waals surface area contributed by atoms with Gasteiger partial charge in [-0.25, -0.2) is 0 Å². The van der Waals surface area contributed by atoms with E-state index in [4.69, 9.17) is 9.47 Å². The van der Waals surface area contributed by atoms with Crippen molar-refractivity contribution in [1.29, 1.82) is 0 Å². The van der Waals surface area contributed by atoms with Crippen molar-refractivity contribution in [3.8, 4) is 0 Å². The van der Waals surface area contributed by atoms with Gasteiger partial charge in [-0.1, -0.05) is 0 Å². The van der Waals surface area contributed by atoms with Crippen molar-refractivity contribution in [1.82, 2.24) is 0 Å². The zero-order valence-corrected chi connectivity index (χ0v) is 8.54. The zero-order valence-electron chi connectivity index (χ0n) is 7.73. The molecule has 1 aliphatic heterocycles. The molecule has 1 saturated heterocycles. The minimum absolute atomic E-state index is 0.0333. The fourth-order valence-electron chi connectivity index (χ4n) is 0.935. The highest BCUT2D eigenvalue weighted by atomic mass is 32.2. The fraction of sp³-hybridized carbons (Fsp3) is 1.00. The summed E-state index contributed by atoms with van der Waals surface area (Å²) in [6.45, 7) is 2.80. The molecule has 0 amide bonds. The van der Waals surface area contributed by atoms with Gasteiger partial charge in [0, 0.05) is 0 Å². The molecule has 0 saturated carbocycles. The van der Waals surface area contributed by atoms with E-state index in [9.17, 15) is 8.42 Å². The van der Waals surface area contributed by atoms with Crippen molar-refractivity contribution in [2.45, 2.75) is 19.1 Å². The Kier molecular flexibility index (Phi) is 3.66. The predicted octanol–water partition coefficient (Wildman–Crippen LogP) is -0.233. The van der Waals surface area contributed by atoms with Crippen LogP contribution in [0.5, 0.6) is 0 Å². The SMILES string of the molecule is C[C@@H]1CO[C@@H](COS(C)(=O)=O)CO1. The zero-order chi connectivity index (χ0) is 9.90. The third-order valence-electron chi connectivity index (χ3n) is 1.60. The Balaban J connectivity index is 2.24. The lowest BCUT2D eigenvalue weighted by Crippen LogP contribution is -2.37. The Labute approximate surface area is 78.1 Å². The van der Waals surface area contributed by atoms with E-state index in [0.29, 0.717) is 13.2 Å². The molecule has 0 aromatic carbocycles. The highest BCUT2D eigenvalue weighted by molar-refractivity contribution is 7.85. The Morgan fingerprint density at radius 3 is 2.54 bits per heavy atom. The van der Waals surface area contributed by atoms with Crippen molar-refractivity contribution in [3.63, 3.8) is 0 Å². The number of hydrogen-bond acceptors (Lipinski definition) is 5. The largest absolute Gasteiger partial charge is 0.373 e. The van der Waals surface area contributed by atoms with Crippen LogP contribution in [-0.2, 0) is 23.8 Å². The summed E-state index contributed by atoms with van der Waals surface area (Å²) in [5, 5.41) is 0. The summed E-state index contributed by atoms with van der Waals surface area (Å²) < 4.78 is 36.3. The van der Waals surface area contributed by atoms with E-state index in [1.165, 1.54) is 0 Å². The molecule has 78 valence electrons. The maximum absolute atomic E-state index is 10.6. The summed E-state index contributed by atoms with van der Waals surface area (Å²) >= 11 is 0. The highest BCUT2D eigenvalue weighted by Crippen LogP contribution is 2.07. The van der Waals surface area contributed by atoms with Gasteiger partial charge < -0.3 is 9.47 Å². The summed E-state index contributed by atoms with van der Waals surface area (Å²) in [4.78, 5) is 0. The molecule has 0 unspecified atom stereocenters. The summed E-state index contributed by atoms with van der Waals surface area (Å²) in [6.07, 6.45) is 0.819. The number of hydrogen-bond donors (Lipinski definition) is 0. The van der Waals surface area contributed by atoms with Crippen LogP contribution < -0.4 is 0 Å². The number of rotatable bonds is 3. The molecule has 6 heteroatoms. The van der Waals surface area contributed by atoms with Gasteiger partial charge in [0.25, 0.3) is 10.1 Å². The second-order valence-electron chi connectivity index (χ2n) is 3.09. The quantitative estimate of drug-likeness (QED) is 0.602. The summed E-state index contributed by atoms with van der Waals surface area (Å²) in [5.74, 6) is 0. The Morgan fingerprint density at radius 2 is 2.08 bits per heavy atom. The normalized spacial score (nSPS) is 30.3. The third kappa shape index (κ3) is 4.56. The van der Waals surface area contributed by atoms with Gasteiger partial charge in [-0.3, -0.25) is 4.18 Å². The molecule has 2 atom stereocenters. The lowest BCUT2D eigenvalue weighted by atomic mass is 10.3. The van der Waals surface area contributed by atoms with Crippen LogP contribution in [0.2, 0.25) is 0 Å². The predicted molar refractivity (Wildman–Crippen MR) is 45.9 cm³/mol. The van der Waals surface area contributed by atoms with Gasteiger partial charge in [0.2, 0.25) is 0 Å². The fourth-order valence-corrected chi connectivity index (χ4v) is 1.33. The van der Waals surface area contributed by atoms with Gasteiger partial charge >= 0.3 is 0 Å². The molecule has 0 spiro atoms. The van der Waals surface area contributed by atoms with Crippen LogP contribution in [-0.4, -0.2) is 46.7 Å². The average molecular weight is 210 g/mol. The summed E-state index contributed by atoms with van der Waals surface area (Å²) in [6, 6.07) is 0. The van der Waals surface area contributed by atoms with Gasteiger partial charge in [-0.05, 0) is 6.92 Å². The van der Waals surface area contributed by atoms with Gasteiger partial charge in [0.1, 0.15) is 6.10 Å². The van der Waals surface area contributed by atoms with E-state index in [1.807, 2.05) is 6.92 Å². The third-order valence-corrected chi connectivity index (χ3v) is 2.17. The maximum Gasteiger partial charge on any atom is 0.264 e. The molecule has 0 aromatic rings. The Hall–Kier alpha value is -0.170. The van der Waals surface area contributed by atoms with Crippen LogP contribution in [0.4, 0.5) is 0 Å². The number of ether oxygens (including phenoxy) is 2. The molecular weight excluding hydrogens is 196 g/mol. The standard InChI is InChI=1S/C7H14O5S/c1-6-3-11-7(4-10-6)5-12-13(2,8)9/h6-7H,3-5H2,1-2H3/t6-,7-/m1/s1. The van der Waals surface area contributed by atoms with Crippen molar-refractivity contribution < 1.29 is 22.1 Å². The second-order valence-corrected chi connectivity index (χ2v) is 4.73. The van der Waals surface area contributed by atoms with Crippen molar-refractivity contribution in [2.75, 3.05) is 26.1 Å². The van der Waals surface area contributed by atoms with Crippen molar-refractivity contribution >= 4 is 10.1 Å². The van der Waals surface area contributed by atoms with Crippen LogP contribution in [0.25, 0.3) is 0 Å². The molecular formula is C7H14O5S. The first-order valence-corrected chi connectivity index (χ1v) is 5.86. The monoisotopic (exact) mass is 210 g/mol. The minimum Gasteiger partial charge on any atom is -0.373 e. The molecule has 1 heterocycles. The Morgan fingerprint density at radius 1 is 1.38 bits per heavy atom. The van der Waals surface area contributed by atoms with E-state index in [2.05, 4.69) is 4.18 Å². The molecule has 0 N–H and O–H groups in total. The molecule has 0 aromatic heterocycles. The molecule has 0 aliphatic carbocycles. The van der Waals surface area contributed by atoms with Crippen molar-refractivity contribution in [2.24, 2.45) is 0 Å². The first-order chi connectivity index (χ1) is 5.97. The van der Waals surface area contributed by atoms with Crippen LogP contribution >= 0.6 is 0 Å². The molecule has 1 fully saturated rings. The van der Waals surface area contributed by atoms with E-state index in [1.54, 1.807) is 0 Å². The van der Waals surface area contributed by atoms with Crippen LogP contribution in [0, 0.1) is 0 Å². The Bertz CT molecular complexity index is 240. The summed E-state index contributed by atoms with van der Waals surface area (Å²) in [7, 11) is -3.37. The smallest absolute Gasteiger partial charge is 0.264 e. The molecule has 1 rings (SSSR count). The molecule has 13 heavy (non-hydrogen) atoms. The lowest BCUT2D eigenvalue weighted by molar-refractivity contribution is -0.135.